The predicted molar refractivity (Wildman–Crippen MR) is 62.8 cm³/mol. The number of nitrogens with zero attached hydrogens (tertiary/aromatic N) is 1. The first-order valence-electron chi connectivity index (χ1n) is 6.26. The Bertz CT molecular complexity index is 399. The Balaban J connectivity index is 2.21. The third-order valence-electron chi connectivity index (χ3n) is 4.07. The third kappa shape index (κ3) is 1.85. The van der Waals surface area contributed by atoms with Gasteiger partial charge in [0.15, 0.2) is 0 Å². The average molecular weight is 254 g/mol. The van der Waals surface area contributed by atoms with Gasteiger partial charge in [-0.1, -0.05) is 6.92 Å². The molecule has 3 amide bonds. The molecule has 1 saturated heterocycles. The van der Waals surface area contributed by atoms with Gasteiger partial charge in [0.25, 0.3) is 5.91 Å². The molecule has 0 aromatic heterocycles. The molecule has 2 fully saturated rings. The van der Waals surface area contributed by atoms with Gasteiger partial charge in [0.2, 0.25) is 0 Å². The van der Waals surface area contributed by atoms with Gasteiger partial charge in [-0.25, -0.2) is 14.5 Å². The van der Waals surface area contributed by atoms with E-state index in [1.165, 1.54) is 6.92 Å². The van der Waals surface area contributed by atoms with Gasteiger partial charge in [0, 0.05) is 0 Å². The molecular weight excluding hydrogens is 236 g/mol. The van der Waals surface area contributed by atoms with E-state index in [4.69, 9.17) is 5.11 Å². The standard InChI is InChI=1S/C12H18N2O4/c1-7-3-5-12(6-4-7)10(17)14(11(18)13-12)8(2)9(15)16/h7-8H,3-6H2,1-2H3,(H,13,18)(H,15,16). The van der Waals surface area contributed by atoms with Gasteiger partial charge in [-0.2, -0.15) is 0 Å². The maximum absolute atomic E-state index is 12.3. The number of nitrogens with one attached hydrogen (secondary N) is 1. The van der Waals surface area contributed by atoms with E-state index < -0.39 is 23.6 Å². The van der Waals surface area contributed by atoms with Crippen molar-refractivity contribution in [2.75, 3.05) is 0 Å². The van der Waals surface area contributed by atoms with Crippen molar-refractivity contribution >= 4 is 17.9 Å². The molecule has 1 heterocycles. The minimum atomic E-state index is -1.17. The summed E-state index contributed by atoms with van der Waals surface area (Å²) in [7, 11) is 0. The lowest BCUT2D eigenvalue weighted by molar-refractivity contribution is -0.147. The summed E-state index contributed by atoms with van der Waals surface area (Å²) in [6.07, 6.45) is 2.95. The highest BCUT2D eigenvalue weighted by molar-refractivity contribution is 6.09. The van der Waals surface area contributed by atoms with Crippen LogP contribution in [0.2, 0.25) is 0 Å². The highest BCUT2D eigenvalue weighted by Crippen LogP contribution is 2.36. The predicted octanol–water partition coefficient (Wildman–Crippen LogP) is 0.960. The molecule has 1 spiro atoms. The van der Waals surface area contributed by atoms with Crippen LogP contribution in [0, 0.1) is 5.92 Å². The van der Waals surface area contributed by atoms with Crippen LogP contribution >= 0.6 is 0 Å². The van der Waals surface area contributed by atoms with Crippen molar-refractivity contribution in [1.29, 1.82) is 0 Å². The molecule has 1 aliphatic heterocycles. The molecule has 2 N–H and O–H groups in total. The fourth-order valence-electron chi connectivity index (χ4n) is 2.70. The molecule has 6 heteroatoms. The summed E-state index contributed by atoms with van der Waals surface area (Å²) in [5, 5.41) is 11.6. The molecular formula is C12H18N2O4. The van der Waals surface area contributed by atoms with Crippen LogP contribution in [-0.2, 0) is 9.59 Å². The number of carbonyl (C=O) groups excluding carboxylic acids is 2. The van der Waals surface area contributed by atoms with Crippen LogP contribution in [0.4, 0.5) is 4.79 Å². The van der Waals surface area contributed by atoms with Crippen molar-refractivity contribution in [2.24, 2.45) is 5.92 Å². The second-order valence-corrected chi connectivity index (χ2v) is 5.38. The average Bonchev–Trinajstić information content (AvgIpc) is 2.54. The fraction of sp³-hybridized carbons (Fsp3) is 0.750. The number of carbonyl (C=O) groups is 3. The lowest BCUT2D eigenvalue weighted by Crippen LogP contribution is -2.50. The van der Waals surface area contributed by atoms with Crippen LogP contribution in [0.15, 0.2) is 0 Å². The number of carboxylic acid groups (broad SMARTS) is 1. The molecule has 0 radical (unpaired) electrons. The van der Waals surface area contributed by atoms with E-state index in [1.807, 2.05) is 0 Å². The van der Waals surface area contributed by atoms with Gasteiger partial charge in [-0.15, -0.1) is 0 Å². The van der Waals surface area contributed by atoms with Crippen LogP contribution in [0.25, 0.3) is 0 Å². The zero-order valence-electron chi connectivity index (χ0n) is 10.6. The van der Waals surface area contributed by atoms with Crippen LogP contribution < -0.4 is 5.32 Å². The van der Waals surface area contributed by atoms with E-state index in [-0.39, 0.29) is 5.91 Å². The van der Waals surface area contributed by atoms with Crippen molar-refractivity contribution in [1.82, 2.24) is 10.2 Å². The minimum Gasteiger partial charge on any atom is -0.480 e. The van der Waals surface area contributed by atoms with Crippen molar-refractivity contribution in [3.05, 3.63) is 0 Å². The molecule has 18 heavy (non-hydrogen) atoms. The Morgan fingerprint density at radius 1 is 1.44 bits per heavy atom. The second-order valence-electron chi connectivity index (χ2n) is 5.38. The summed E-state index contributed by atoms with van der Waals surface area (Å²) >= 11 is 0. The summed E-state index contributed by atoms with van der Waals surface area (Å²) in [4.78, 5) is 35.9. The number of carboxylic acids is 1. The Labute approximate surface area is 105 Å². The van der Waals surface area contributed by atoms with Gasteiger partial charge in [-0.3, -0.25) is 4.79 Å². The molecule has 1 unspecified atom stereocenters. The molecule has 1 aliphatic carbocycles. The zero-order valence-corrected chi connectivity index (χ0v) is 10.6. The highest BCUT2D eigenvalue weighted by Gasteiger charge is 2.54. The Hall–Kier alpha value is -1.59. The quantitative estimate of drug-likeness (QED) is 0.718. The Morgan fingerprint density at radius 3 is 2.50 bits per heavy atom. The van der Waals surface area contributed by atoms with Crippen LogP contribution in [0.1, 0.15) is 39.5 Å². The molecule has 2 rings (SSSR count). The molecule has 2 aliphatic rings. The van der Waals surface area contributed by atoms with Crippen molar-refractivity contribution in [3.63, 3.8) is 0 Å². The Morgan fingerprint density at radius 2 is 2.00 bits per heavy atom. The van der Waals surface area contributed by atoms with Crippen LogP contribution in [0.3, 0.4) is 0 Å². The summed E-state index contributed by atoms with van der Waals surface area (Å²) in [6, 6.07) is -1.69. The van der Waals surface area contributed by atoms with Gasteiger partial charge >= 0.3 is 12.0 Å². The SMILES string of the molecule is CC1CCC2(CC1)NC(=O)N(C(C)C(=O)O)C2=O. The maximum atomic E-state index is 12.3. The van der Waals surface area contributed by atoms with E-state index in [2.05, 4.69) is 12.2 Å². The molecule has 100 valence electrons. The number of urea groups is 1. The smallest absolute Gasteiger partial charge is 0.326 e. The van der Waals surface area contributed by atoms with Crippen molar-refractivity contribution in [2.45, 2.75) is 51.1 Å². The van der Waals surface area contributed by atoms with Crippen LogP contribution in [-0.4, -0.2) is 39.5 Å². The first kappa shape index (κ1) is 12.9. The van der Waals surface area contributed by atoms with Gasteiger partial charge < -0.3 is 10.4 Å². The van der Waals surface area contributed by atoms with E-state index >= 15 is 0 Å². The number of hydrogen-bond donors (Lipinski definition) is 2. The maximum Gasteiger partial charge on any atom is 0.326 e. The van der Waals surface area contributed by atoms with E-state index in [0.717, 1.165) is 17.7 Å². The summed E-state index contributed by atoms with van der Waals surface area (Å²) in [5.41, 5.74) is -0.854. The summed E-state index contributed by atoms with van der Waals surface area (Å²) < 4.78 is 0. The fourth-order valence-corrected chi connectivity index (χ4v) is 2.70. The van der Waals surface area contributed by atoms with Crippen LogP contribution in [0.5, 0.6) is 0 Å². The number of amides is 3. The molecule has 1 atom stereocenters. The van der Waals surface area contributed by atoms with Gasteiger partial charge in [-0.05, 0) is 38.5 Å². The number of hydrogen-bond acceptors (Lipinski definition) is 3. The molecule has 0 aromatic carbocycles. The third-order valence-corrected chi connectivity index (χ3v) is 4.07. The monoisotopic (exact) mass is 254 g/mol. The van der Waals surface area contributed by atoms with Gasteiger partial charge in [0.05, 0.1) is 0 Å². The summed E-state index contributed by atoms with van der Waals surface area (Å²) in [5.74, 6) is -1.000. The number of aliphatic carboxylic acids is 1. The topological polar surface area (TPSA) is 86.7 Å². The number of rotatable bonds is 2. The van der Waals surface area contributed by atoms with E-state index in [0.29, 0.717) is 18.8 Å². The van der Waals surface area contributed by atoms with E-state index in [1.54, 1.807) is 0 Å². The first-order valence-corrected chi connectivity index (χ1v) is 6.26. The van der Waals surface area contributed by atoms with Crippen molar-refractivity contribution < 1.29 is 19.5 Å². The zero-order chi connectivity index (χ0) is 13.5. The minimum absolute atomic E-state index is 0.380. The second kappa shape index (κ2) is 4.26. The number of imide groups is 1. The van der Waals surface area contributed by atoms with E-state index in [9.17, 15) is 14.4 Å². The first-order chi connectivity index (χ1) is 8.37. The molecule has 6 nitrogen and oxygen atoms in total. The summed E-state index contributed by atoms with van der Waals surface area (Å²) in [6.45, 7) is 3.47. The normalized spacial score (nSPS) is 33.7. The highest BCUT2D eigenvalue weighted by atomic mass is 16.4. The largest absolute Gasteiger partial charge is 0.480 e. The van der Waals surface area contributed by atoms with Gasteiger partial charge in [0.1, 0.15) is 11.6 Å². The lowest BCUT2D eigenvalue weighted by Gasteiger charge is -2.33. The van der Waals surface area contributed by atoms with Crippen molar-refractivity contribution in [3.8, 4) is 0 Å². The molecule has 0 bridgehead atoms. The Kier molecular flexibility index (Phi) is 3.04. The molecule has 0 aromatic rings. The molecule has 1 saturated carbocycles. The lowest BCUT2D eigenvalue weighted by atomic mass is 9.77.